The average Bonchev–Trinajstić information content (AvgIpc) is 2.76. The Morgan fingerprint density at radius 2 is 1.30 bits per heavy atom. The van der Waals surface area contributed by atoms with Crippen LogP contribution >= 0.6 is 0 Å². The summed E-state index contributed by atoms with van der Waals surface area (Å²) in [5.74, 6) is 0.715. The Bertz CT molecular complexity index is 1150. The summed E-state index contributed by atoms with van der Waals surface area (Å²) in [4.78, 5) is 13.4. The minimum atomic E-state index is -0.542. The van der Waals surface area contributed by atoms with Crippen LogP contribution in [0.1, 0.15) is 0 Å². The number of phenols is 1. The van der Waals surface area contributed by atoms with Crippen molar-refractivity contribution in [3.63, 3.8) is 0 Å². The zero-order chi connectivity index (χ0) is 22.0. The van der Waals surface area contributed by atoms with E-state index < -0.39 is 5.43 Å². The van der Waals surface area contributed by atoms with Crippen LogP contribution in [0.25, 0.3) is 22.3 Å². The fourth-order valence-electron chi connectivity index (χ4n) is 3.25. The molecular formula is C21H22O9. The minimum Gasteiger partial charge on any atom is -0.507 e. The molecule has 0 aliphatic carbocycles. The third-order valence-corrected chi connectivity index (χ3v) is 4.59. The number of hydrogen-bond donors (Lipinski definition) is 1. The number of phenolic OH excluding ortho intramolecular Hbond substituents is 1. The van der Waals surface area contributed by atoms with Crippen molar-refractivity contribution in [3.05, 3.63) is 28.4 Å². The summed E-state index contributed by atoms with van der Waals surface area (Å²) in [6.45, 7) is 0. The van der Waals surface area contributed by atoms with E-state index in [0.717, 1.165) is 0 Å². The molecule has 0 spiro atoms. The Balaban J connectivity index is 2.53. The normalized spacial score (nSPS) is 10.6. The van der Waals surface area contributed by atoms with Crippen LogP contribution in [-0.4, -0.2) is 47.8 Å². The monoisotopic (exact) mass is 418 g/mol. The van der Waals surface area contributed by atoms with Crippen molar-refractivity contribution in [2.24, 2.45) is 0 Å². The second-order valence-corrected chi connectivity index (χ2v) is 6.01. The smallest absolute Gasteiger partial charge is 0.239 e. The van der Waals surface area contributed by atoms with Crippen molar-refractivity contribution in [2.75, 3.05) is 42.7 Å². The molecule has 0 aliphatic rings. The highest BCUT2D eigenvalue weighted by Crippen LogP contribution is 2.51. The first kappa shape index (κ1) is 21.0. The molecule has 1 aromatic heterocycles. The van der Waals surface area contributed by atoms with E-state index >= 15 is 0 Å². The molecule has 0 fully saturated rings. The largest absolute Gasteiger partial charge is 0.507 e. The fraction of sp³-hybridized carbons (Fsp3) is 0.286. The van der Waals surface area contributed by atoms with E-state index in [4.69, 9.17) is 32.8 Å². The highest BCUT2D eigenvalue weighted by molar-refractivity contribution is 5.97. The second-order valence-electron chi connectivity index (χ2n) is 6.01. The van der Waals surface area contributed by atoms with E-state index in [2.05, 4.69) is 0 Å². The van der Waals surface area contributed by atoms with E-state index in [1.54, 1.807) is 12.1 Å². The van der Waals surface area contributed by atoms with Gasteiger partial charge < -0.3 is 37.9 Å². The predicted octanol–water partition coefficient (Wildman–Crippen LogP) is 3.22. The lowest BCUT2D eigenvalue weighted by atomic mass is 10.1. The Hall–Kier alpha value is -3.75. The molecule has 0 bridgehead atoms. The number of ether oxygens (including phenoxy) is 6. The molecule has 1 heterocycles. The molecule has 0 saturated heterocycles. The molecule has 3 rings (SSSR count). The number of methoxy groups -OCH3 is 6. The maximum absolute atomic E-state index is 13.4. The molecule has 3 aromatic rings. The molecule has 0 amide bonds. The summed E-state index contributed by atoms with van der Waals surface area (Å²) in [6, 6.07) is 4.56. The van der Waals surface area contributed by atoms with Gasteiger partial charge in [0.25, 0.3) is 0 Å². The van der Waals surface area contributed by atoms with E-state index in [9.17, 15) is 9.90 Å². The van der Waals surface area contributed by atoms with Crippen molar-refractivity contribution >= 4 is 11.0 Å². The SMILES string of the molecule is COc1ccc(-c2oc3c(OC)c(OC)c(OC)c(OC)c3c(=O)c2OC)c(O)c1. The Morgan fingerprint density at radius 1 is 0.733 bits per heavy atom. The minimum absolute atomic E-state index is 0.00252. The predicted molar refractivity (Wildman–Crippen MR) is 109 cm³/mol. The van der Waals surface area contributed by atoms with Crippen LogP contribution in [0, 0.1) is 0 Å². The van der Waals surface area contributed by atoms with Crippen molar-refractivity contribution in [3.8, 4) is 51.6 Å². The zero-order valence-corrected chi connectivity index (χ0v) is 17.4. The number of aromatic hydroxyl groups is 1. The van der Waals surface area contributed by atoms with Gasteiger partial charge in [-0.25, -0.2) is 0 Å². The lowest BCUT2D eigenvalue weighted by Gasteiger charge is -2.19. The van der Waals surface area contributed by atoms with Crippen LogP contribution < -0.4 is 33.8 Å². The molecular weight excluding hydrogens is 396 g/mol. The van der Waals surface area contributed by atoms with E-state index in [1.807, 2.05) is 0 Å². The summed E-state index contributed by atoms with van der Waals surface area (Å²) in [7, 11) is 8.42. The Kier molecular flexibility index (Phi) is 5.81. The lowest BCUT2D eigenvalue weighted by molar-refractivity contribution is 0.306. The van der Waals surface area contributed by atoms with Crippen LogP contribution in [0.5, 0.6) is 40.2 Å². The van der Waals surface area contributed by atoms with Crippen LogP contribution in [0.3, 0.4) is 0 Å². The highest BCUT2D eigenvalue weighted by atomic mass is 16.5. The van der Waals surface area contributed by atoms with E-state index in [-0.39, 0.29) is 56.8 Å². The van der Waals surface area contributed by atoms with Gasteiger partial charge in [-0.1, -0.05) is 0 Å². The van der Waals surface area contributed by atoms with Gasteiger partial charge in [0.2, 0.25) is 28.4 Å². The molecule has 9 heteroatoms. The third kappa shape index (κ3) is 3.08. The first-order chi connectivity index (χ1) is 14.5. The quantitative estimate of drug-likeness (QED) is 0.619. The van der Waals surface area contributed by atoms with Gasteiger partial charge in [0.05, 0.1) is 48.2 Å². The summed E-state index contributed by atoms with van der Waals surface area (Å²) >= 11 is 0. The molecule has 2 aromatic carbocycles. The first-order valence-electron chi connectivity index (χ1n) is 8.75. The van der Waals surface area contributed by atoms with Gasteiger partial charge in [-0.15, -0.1) is 0 Å². The molecule has 0 aliphatic heterocycles. The first-order valence-corrected chi connectivity index (χ1v) is 8.75. The maximum atomic E-state index is 13.4. The molecule has 9 nitrogen and oxygen atoms in total. The summed E-state index contributed by atoms with van der Waals surface area (Å²) in [5, 5.41) is 10.5. The van der Waals surface area contributed by atoms with Crippen LogP contribution in [0.2, 0.25) is 0 Å². The molecule has 0 atom stereocenters. The standard InChI is InChI=1S/C21H22O9/c1-24-10-7-8-11(12(22)9-10)15-18(26-3)14(23)13-16(25-2)19(27-4)21(29-6)20(28-5)17(13)30-15/h7-9,22H,1-6H3. The second kappa shape index (κ2) is 8.32. The summed E-state index contributed by atoms with van der Waals surface area (Å²) in [5.41, 5.74) is -0.273. The lowest BCUT2D eigenvalue weighted by Crippen LogP contribution is -2.11. The molecule has 1 N–H and O–H groups in total. The molecule has 160 valence electrons. The fourth-order valence-corrected chi connectivity index (χ4v) is 3.25. The van der Waals surface area contributed by atoms with Crippen molar-refractivity contribution < 1.29 is 37.9 Å². The average molecular weight is 418 g/mol. The number of benzene rings is 2. The molecule has 0 radical (unpaired) electrons. The third-order valence-electron chi connectivity index (χ3n) is 4.59. The van der Waals surface area contributed by atoms with Crippen LogP contribution in [0.15, 0.2) is 27.4 Å². The molecule has 30 heavy (non-hydrogen) atoms. The number of rotatable bonds is 7. The van der Waals surface area contributed by atoms with Crippen molar-refractivity contribution in [1.82, 2.24) is 0 Å². The van der Waals surface area contributed by atoms with Crippen LogP contribution in [0.4, 0.5) is 0 Å². The van der Waals surface area contributed by atoms with E-state index in [0.29, 0.717) is 5.75 Å². The van der Waals surface area contributed by atoms with Crippen molar-refractivity contribution in [2.45, 2.75) is 0 Å². The van der Waals surface area contributed by atoms with Gasteiger partial charge in [-0.2, -0.15) is 0 Å². The Labute approximate surface area is 172 Å². The number of fused-ring (bicyclic) bond motifs is 1. The van der Waals surface area contributed by atoms with E-state index in [1.165, 1.54) is 48.7 Å². The molecule has 0 unspecified atom stereocenters. The van der Waals surface area contributed by atoms with Gasteiger partial charge >= 0.3 is 0 Å². The Morgan fingerprint density at radius 3 is 1.80 bits per heavy atom. The van der Waals surface area contributed by atoms with Gasteiger partial charge in [0.1, 0.15) is 16.9 Å². The van der Waals surface area contributed by atoms with Gasteiger partial charge in [-0.05, 0) is 12.1 Å². The zero-order valence-electron chi connectivity index (χ0n) is 17.4. The topological polar surface area (TPSA) is 106 Å². The highest BCUT2D eigenvalue weighted by Gasteiger charge is 2.30. The van der Waals surface area contributed by atoms with Gasteiger partial charge in [0, 0.05) is 6.07 Å². The van der Waals surface area contributed by atoms with Gasteiger partial charge in [-0.3, -0.25) is 4.79 Å². The summed E-state index contributed by atoms with van der Waals surface area (Å²) < 4.78 is 38.2. The van der Waals surface area contributed by atoms with Crippen LogP contribution in [-0.2, 0) is 0 Å². The van der Waals surface area contributed by atoms with Gasteiger partial charge in [0.15, 0.2) is 17.1 Å². The molecule has 0 saturated carbocycles. The maximum Gasteiger partial charge on any atom is 0.239 e. The van der Waals surface area contributed by atoms with Crippen molar-refractivity contribution in [1.29, 1.82) is 0 Å². The summed E-state index contributed by atoms with van der Waals surface area (Å²) in [6.07, 6.45) is 0. The number of hydrogen-bond acceptors (Lipinski definition) is 9.